The van der Waals surface area contributed by atoms with Crippen molar-refractivity contribution in [2.75, 3.05) is 13.2 Å². The van der Waals surface area contributed by atoms with E-state index in [0.717, 1.165) is 5.69 Å². The largest absolute Gasteiger partial charge is 0.466 e. The van der Waals surface area contributed by atoms with Gasteiger partial charge in [0.1, 0.15) is 0 Å². The van der Waals surface area contributed by atoms with Gasteiger partial charge in [-0.25, -0.2) is 9.48 Å². The number of esters is 2. The second kappa shape index (κ2) is 9.18. The lowest BCUT2D eigenvalue weighted by Gasteiger charge is -2.00. The van der Waals surface area contributed by atoms with Gasteiger partial charge in [-0.05, 0) is 44.2 Å². The van der Waals surface area contributed by atoms with Gasteiger partial charge in [0.2, 0.25) is 0 Å². The SMILES string of the molecule is CCOC(=O)/C=C/c1nn(-c2ccc(C#N)cc2)cc1CC(=O)OCC. The summed E-state index contributed by atoms with van der Waals surface area (Å²) >= 11 is 0. The van der Waals surface area contributed by atoms with Gasteiger partial charge >= 0.3 is 11.9 Å². The molecule has 7 nitrogen and oxygen atoms in total. The summed E-state index contributed by atoms with van der Waals surface area (Å²) in [6, 6.07) is 8.90. The summed E-state index contributed by atoms with van der Waals surface area (Å²) in [5.41, 5.74) is 2.35. The standard InChI is InChI=1S/C19H19N3O4/c1-3-25-18(23)10-9-17-15(11-19(24)26-4-2)13-22(21-17)16-7-5-14(12-20)6-8-16/h5-10,13H,3-4,11H2,1-2H3/b10-9+. The lowest BCUT2D eigenvalue weighted by molar-refractivity contribution is -0.142. The summed E-state index contributed by atoms with van der Waals surface area (Å²) in [5.74, 6) is -0.861. The molecule has 0 atom stereocenters. The van der Waals surface area contributed by atoms with E-state index in [1.807, 2.05) is 0 Å². The van der Waals surface area contributed by atoms with Gasteiger partial charge in [0.25, 0.3) is 0 Å². The highest BCUT2D eigenvalue weighted by Gasteiger charge is 2.13. The lowest BCUT2D eigenvalue weighted by atomic mass is 10.1. The normalized spacial score (nSPS) is 10.5. The van der Waals surface area contributed by atoms with Crippen LogP contribution in [-0.2, 0) is 25.5 Å². The van der Waals surface area contributed by atoms with E-state index in [4.69, 9.17) is 14.7 Å². The van der Waals surface area contributed by atoms with Crippen LogP contribution in [-0.4, -0.2) is 34.9 Å². The fraction of sp³-hybridized carbons (Fsp3) is 0.263. The summed E-state index contributed by atoms with van der Waals surface area (Å²) in [6.07, 6.45) is 4.51. The quantitative estimate of drug-likeness (QED) is 0.560. The Balaban J connectivity index is 2.33. The molecule has 1 aromatic heterocycles. The fourth-order valence-electron chi connectivity index (χ4n) is 2.23. The Morgan fingerprint density at radius 1 is 1.19 bits per heavy atom. The van der Waals surface area contributed by atoms with Crippen molar-refractivity contribution in [3.8, 4) is 11.8 Å². The first-order valence-corrected chi connectivity index (χ1v) is 8.16. The van der Waals surface area contributed by atoms with Crippen molar-refractivity contribution in [2.45, 2.75) is 20.3 Å². The minimum absolute atomic E-state index is 0.0343. The number of carbonyl (C=O) groups is 2. The smallest absolute Gasteiger partial charge is 0.330 e. The zero-order valence-corrected chi connectivity index (χ0v) is 14.6. The van der Waals surface area contributed by atoms with Crippen molar-refractivity contribution >= 4 is 18.0 Å². The van der Waals surface area contributed by atoms with E-state index in [9.17, 15) is 9.59 Å². The van der Waals surface area contributed by atoms with E-state index in [-0.39, 0.29) is 25.6 Å². The van der Waals surface area contributed by atoms with Crippen LogP contribution in [0.2, 0.25) is 0 Å². The van der Waals surface area contributed by atoms with E-state index >= 15 is 0 Å². The number of hydrogen-bond donors (Lipinski definition) is 0. The van der Waals surface area contributed by atoms with Crippen LogP contribution in [0.25, 0.3) is 11.8 Å². The predicted molar refractivity (Wildman–Crippen MR) is 94.3 cm³/mol. The molecule has 0 aliphatic carbocycles. The molecule has 0 spiro atoms. The molecule has 26 heavy (non-hydrogen) atoms. The van der Waals surface area contributed by atoms with Gasteiger partial charge in [0.05, 0.1) is 42.6 Å². The summed E-state index contributed by atoms with van der Waals surface area (Å²) in [7, 11) is 0. The molecule has 0 bridgehead atoms. The number of rotatable bonds is 7. The van der Waals surface area contributed by atoms with Crippen molar-refractivity contribution in [1.29, 1.82) is 5.26 Å². The van der Waals surface area contributed by atoms with E-state index in [1.165, 1.54) is 12.2 Å². The first-order valence-electron chi connectivity index (χ1n) is 8.16. The van der Waals surface area contributed by atoms with Gasteiger partial charge in [-0.3, -0.25) is 4.79 Å². The molecule has 7 heteroatoms. The van der Waals surface area contributed by atoms with Gasteiger partial charge in [0.15, 0.2) is 0 Å². The highest BCUT2D eigenvalue weighted by atomic mass is 16.5. The monoisotopic (exact) mass is 353 g/mol. The first-order chi connectivity index (χ1) is 12.6. The van der Waals surface area contributed by atoms with Crippen molar-refractivity contribution in [3.63, 3.8) is 0 Å². The van der Waals surface area contributed by atoms with Gasteiger partial charge in [0, 0.05) is 17.8 Å². The molecule has 1 heterocycles. The minimum atomic E-state index is -0.484. The molecule has 0 unspecified atom stereocenters. The Labute approximate surface area is 151 Å². The third kappa shape index (κ3) is 5.05. The van der Waals surface area contributed by atoms with Crippen molar-refractivity contribution in [3.05, 3.63) is 53.4 Å². The van der Waals surface area contributed by atoms with Crippen LogP contribution in [0.15, 0.2) is 36.5 Å². The van der Waals surface area contributed by atoms with Gasteiger partial charge in [-0.2, -0.15) is 10.4 Å². The fourth-order valence-corrected chi connectivity index (χ4v) is 2.23. The molecule has 0 amide bonds. The Kier molecular flexibility index (Phi) is 6.68. The number of ether oxygens (including phenoxy) is 2. The zero-order valence-electron chi connectivity index (χ0n) is 14.6. The second-order valence-corrected chi connectivity index (χ2v) is 5.21. The highest BCUT2D eigenvalue weighted by molar-refractivity contribution is 5.87. The zero-order chi connectivity index (χ0) is 18.9. The number of nitriles is 1. The Bertz CT molecular complexity index is 845. The van der Waals surface area contributed by atoms with E-state index in [1.54, 1.807) is 49.0 Å². The van der Waals surface area contributed by atoms with Crippen LogP contribution in [0.4, 0.5) is 0 Å². The molecule has 1 aromatic carbocycles. The van der Waals surface area contributed by atoms with Crippen molar-refractivity contribution < 1.29 is 19.1 Å². The third-order valence-electron chi connectivity index (χ3n) is 3.39. The number of aromatic nitrogens is 2. The van der Waals surface area contributed by atoms with Crippen LogP contribution >= 0.6 is 0 Å². The minimum Gasteiger partial charge on any atom is -0.466 e. The molecular formula is C19H19N3O4. The number of benzene rings is 1. The first kappa shape index (κ1) is 18.9. The lowest BCUT2D eigenvalue weighted by Crippen LogP contribution is -2.07. The molecule has 0 N–H and O–H groups in total. The van der Waals surface area contributed by atoms with E-state index in [0.29, 0.717) is 16.8 Å². The number of carbonyl (C=O) groups excluding carboxylic acids is 2. The van der Waals surface area contributed by atoms with Crippen LogP contribution in [0.3, 0.4) is 0 Å². The maximum absolute atomic E-state index is 11.8. The van der Waals surface area contributed by atoms with Gasteiger partial charge in [-0.15, -0.1) is 0 Å². The second-order valence-electron chi connectivity index (χ2n) is 5.21. The number of hydrogen-bond acceptors (Lipinski definition) is 6. The molecule has 0 aliphatic heterocycles. The third-order valence-corrected chi connectivity index (χ3v) is 3.39. The molecule has 0 fully saturated rings. The molecule has 0 aliphatic rings. The molecule has 134 valence electrons. The van der Waals surface area contributed by atoms with Crippen molar-refractivity contribution in [2.24, 2.45) is 0 Å². The van der Waals surface area contributed by atoms with Gasteiger partial charge < -0.3 is 9.47 Å². The predicted octanol–water partition coefficient (Wildman–Crippen LogP) is 2.43. The van der Waals surface area contributed by atoms with Crippen LogP contribution in [0, 0.1) is 11.3 Å². The molecular weight excluding hydrogens is 334 g/mol. The maximum atomic E-state index is 11.8. The molecule has 2 rings (SSSR count). The highest BCUT2D eigenvalue weighted by Crippen LogP contribution is 2.16. The maximum Gasteiger partial charge on any atom is 0.330 e. The van der Waals surface area contributed by atoms with Gasteiger partial charge in [-0.1, -0.05) is 0 Å². The van der Waals surface area contributed by atoms with Crippen LogP contribution in [0.1, 0.15) is 30.7 Å². The van der Waals surface area contributed by atoms with E-state index in [2.05, 4.69) is 11.2 Å². The number of nitrogens with zero attached hydrogens (tertiary/aromatic N) is 3. The Hall–Kier alpha value is -3.40. The van der Waals surface area contributed by atoms with Crippen molar-refractivity contribution in [1.82, 2.24) is 9.78 Å². The topological polar surface area (TPSA) is 94.2 Å². The average Bonchev–Trinajstić information content (AvgIpc) is 3.03. The summed E-state index contributed by atoms with van der Waals surface area (Å²) in [5, 5.41) is 13.3. The Morgan fingerprint density at radius 2 is 1.88 bits per heavy atom. The van der Waals surface area contributed by atoms with E-state index < -0.39 is 5.97 Å². The molecule has 0 saturated carbocycles. The summed E-state index contributed by atoms with van der Waals surface area (Å²) in [6.45, 7) is 4.02. The van der Waals surface area contributed by atoms with Crippen LogP contribution in [0.5, 0.6) is 0 Å². The summed E-state index contributed by atoms with van der Waals surface area (Å²) in [4.78, 5) is 23.4. The molecule has 0 saturated heterocycles. The average molecular weight is 353 g/mol. The van der Waals surface area contributed by atoms with Crippen LogP contribution < -0.4 is 0 Å². The Morgan fingerprint density at radius 3 is 2.50 bits per heavy atom. The molecule has 0 radical (unpaired) electrons. The molecule has 2 aromatic rings. The summed E-state index contributed by atoms with van der Waals surface area (Å²) < 4.78 is 11.4.